The molecular weight excluding hydrogens is 176 g/mol. The number of amides is 2. The Morgan fingerprint density at radius 3 is 2.92 bits per heavy atom. The van der Waals surface area contributed by atoms with E-state index in [-0.39, 0.29) is 12.3 Å². The molecule has 6 nitrogen and oxygen atoms in total. The zero-order valence-electron chi connectivity index (χ0n) is 7.06. The summed E-state index contributed by atoms with van der Waals surface area (Å²) >= 11 is 0. The van der Waals surface area contributed by atoms with Gasteiger partial charge in [0.05, 0.1) is 0 Å². The van der Waals surface area contributed by atoms with Gasteiger partial charge in [-0.05, 0) is 0 Å². The molecule has 1 atom stereocenters. The average Bonchev–Trinajstić information content (AvgIpc) is 2.47. The monoisotopic (exact) mass is 186 g/mol. The molecule has 1 aliphatic rings. The van der Waals surface area contributed by atoms with Crippen molar-refractivity contribution in [3.63, 3.8) is 0 Å². The Morgan fingerprint density at radius 1 is 1.77 bits per heavy atom. The molecule has 0 bridgehead atoms. The van der Waals surface area contributed by atoms with Crippen LogP contribution in [-0.4, -0.2) is 35.7 Å². The van der Waals surface area contributed by atoms with Gasteiger partial charge in [-0.25, -0.2) is 10.1 Å². The predicted molar refractivity (Wildman–Crippen MR) is 42.2 cm³/mol. The quantitative estimate of drug-likeness (QED) is 0.264. The number of rotatable bonds is 3. The number of hydrogen-bond acceptors (Lipinski definition) is 4. The molecule has 2 N–H and O–H groups in total. The van der Waals surface area contributed by atoms with Crippen molar-refractivity contribution >= 4 is 12.3 Å². The molecule has 1 fully saturated rings. The molecule has 1 aliphatic heterocycles. The van der Waals surface area contributed by atoms with E-state index >= 15 is 0 Å². The second kappa shape index (κ2) is 4.01. The lowest BCUT2D eigenvalue weighted by Gasteiger charge is -2.03. The highest BCUT2D eigenvalue weighted by Crippen LogP contribution is 2.14. The van der Waals surface area contributed by atoms with Crippen LogP contribution in [0, 0.1) is 0 Å². The number of carbonyl (C=O) groups excluding carboxylic acids is 2. The van der Waals surface area contributed by atoms with Crippen LogP contribution in [0.2, 0.25) is 0 Å². The first-order valence-electron chi connectivity index (χ1n) is 3.66. The molecule has 0 aromatic carbocycles. The van der Waals surface area contributed by atoms with Crippen LogP contribution in [0.5, 0.6) is 0 Å². The van der Waals surface area contributed by atoms with Crippen LogP contribution in [0.3, 0.4) is 0 Å². The minimum absolute atomic E-state index is 0.244. The molecule has 0 aliphatic carbocycles. The first-order valence-corrected chi connectivity index (χ1v) is 3.66. The van der Waals surface area contributed by atoms with Gasteiger partial charge in [-0.2, -0.15) is 0 Å². The number of carbonyl (C=O) groups is 2. The van der Waals surface area contributed by atoms with Gasteiger partial charge in [-0.15, -0.1) is 0 Å². The summed E-state index contributed by atoms with van der Waals surface area (Å²) < 4.78 is 0. The number of hydrogen-bond donors (Lipinski definition) is 2. The molecule has 6 heteroatoms. The summed E-state index contributed by atoms with van der Waals surface area (Å²) in [6, 6.07) is 0. The highest BCUT2D eigenvalue weighted by molar-refractivity contribution is 5.95. The van der Waals surface area contributed by atoms with Gasteiger partial charge in [0.2, 0.25) is 6.41 Å². The molecule has 0 spiro atoms. The van der Waals surface area contributed by atoms with Gasteiger partial charge in [0.1, 0.15) is 0 Å². The molecule has 0 aromatic rings. The average molecular weight is 186 g/mol. The molecule has 2 amide bonds. The minimum atomic E-state index is -0.709. The van der Waals surface area contributed by atoms with Gasteiger partial charge >= 0.3 is 0 Å². The van der Waals surface area contributed by atoms with Gasteiger partial charge in [0.25, 0.3) is 5.91 Å². The third-order valence-corrected chi connectivity index (χ3v) is 1.64. The third kappa shape index (κ3) is 2.27. The largest absolute Gasteiger partial charge is 0.324 e. The fourth-order valence-electron chi connectivity index (χ4n) is 1.03. The lowest BCUT2D eigenvalue weighted by Crippen LogP contribution is -2.26. The summed E-state index contributed by atoms with van der Waals surface area (Å²) in [5.74, 6) is -0.340. The van der Waals surface area contributed by atoms with E-state index in [0.29, 0.717) is 12.0 Å². The zero-order valence-corrected chi connectivity index (χ0v) is 7.06. The predicted octanol–water partition coefficient (Wildman–Crippen LogP) is -0.706. The van der Waals surface area contributed by atoms with Crippen LogP contribution in [0.1, 0.15) is 6.42 Å². The van der Waals surface area contributed by atoms with E-state index in [1.165, 1.54) is 18.1 Å². The van der Waals surface area contributed by atoms with Crippen molar-refractivity contribution in [3.05, 3.63) is 11.8 Å². The van der Waals surface area contributed by atoms with Crippen molar-refractivity contribution in [3.8, 4) is 0 Å². The van der Waals surface area contributed by atoms with E-state index in [1.54, 1.807) is 0 Å². The van der Waals surface area contributed by atoms with E-state index in [1.807, 2.05) is 0 Å². The van der Waals surface area contributed by atoms with Crippen molar-refractivity contribution < 1.29 is 19.7 Å². The van der Waals surface area contributed by atoms with Crippen LogP contribution in [-0.2, 0) is 14.5 Å². The van der Waals surface area contributed by atoms with Gasteiger partial charge in [-0.1, -0.05) is 0 Å². The molecule has 0 radical (unpaired) electrons. The standard InChI is InChI=1S/C7H10N2O4/c1-9(4-10)3-5-2-6(13-12)8-7(5)11/h3-4,6,12H,2H2,1H3,(H,8,11)/b5-3-/t6-/m1/s1. The molecule has 0 aromatic heterocycles. The fourth-order valence-corrected chi connectivity index (χ4v) is 1.03. The summed E-state index contributed by atoms with van der Waals surface area (Å²) in [6.45, 7) is 0. The maximum Gasteiger partial charge on any atom is 0.250 e. The highest BCUT2D eigenvalue weighted by Gasteiger charge is 2.27. The van der Waals surface area contributed by atoms with Gasteiger partial charge in [-0.3, -0.25) is 9.59 Å². The Bertz CT molecular complexity index is 251. The lowest BCUT2D eigenvalue weighted by molar-refractivity contribution is -0.280. The highest BCUT2D eigenvalue weighted by atomic mass is 17.1. The Kier molecular flexibility index (Phi) is 2.99. The summed E-state index contributed by atoms with van der Waals surface area (Å²) in [5, 5.41) is 10.6. The van der Waals surface area contributed by atoms with Crippen LogP contribution >= 0.6 is 0 Å². The van der Waals surface area contributed by atoms with Crippen molar-refractivity contribution in [1.82, 2.24) is 10.2 Å². The van der Waals surface area contributed by atoms with Crippen molar-refractivity contribution in [2.45, 2.75) is 12.6 Å². The Morgan fingerprint density at radius 2 is 2.46 bits per heavy atom. The Balaban J connectivity index is 2.66. The van der Waals surface area contributed by atoms with Gasteiger partial charge in [0, 0.05) is 25.2 Å². The normalized spacial score (nSPS) is 24.6. The second-order valence-corrected chi connectivity index (χ2v) is 2.70. The lowest BCUT2D eigenvalue weighted by atomic mass is 10.2. The zero-order chi connectivity index (χ0) is 9.84. The third-order valence-electron chi connectivity index (χ3n) is 1.64. The van der Waals surface area contributed by atoms with Crippen LogP contribution in [0.4, 0.5) is 0 Å². The van der Waals surface area contributed by atoms with E-state index in [9.17, 15) is 9.59 Å². The van der Waals surface area contributed by atoms with Crippen LogP contribution < -0.4 is 5.32 Å². The van der Waals surface area contributed by atoms with Crippen LogP contribution in [0.25, 0.3) is 0 Å². The van der Waals surface area contributed by atoms with Gasteiger partial charge in [0.15, 0.2) is 6.23 Å². The fraction of sp³-hybridized carbons (Fsp3) is 0.429. The number of nitrogens with one attached hydrogen (secondary N) is 1. The molecular formula is C7H10N2O4. The van der Waals surface area contributed by atoms with E-state index in [2.05, 4.69) is 10.2 Å². The SMILES string of the molecule is CN(C=O)/C=C1/C[C@@H](OO)NC1=O. The van der Waals surface area contributed by atoms with Crippen LogP contribution in [0.15, 0.2) is 11.8 Å². The molecule has 13 heavy (non-hydrogen) atoms. The topological polar surface area (TPSA) is 78.9 Å². The first kappa shape index (κ1) is 9.69. The summed E-state index contributed by atoms with van der Waals surface area (Å²) in [7, 11) is 1.51. The van der Waals surface area contributed by atoms with Crippen molar-refractivity contribution in [2.24, 2.45) is 0 Å². The summed E-state index contributed by atoms with van der Waals surface area (Å²) in [4.78, 5) is 26.5. The van der Waals surface area contributed by atoms with Crippen molar-refractivity contribution in [1.29, 1.82) is 0 Å². The molecule has 0 unspecified atom stereocenters. The van der Waals surface area contributed by atoms with Gasteiger partial charge < -0.3 is 10.2 Å². The molecule has 72 valence electrons. The molecule has 1 saturated heterocycles. The smallest absolute Gasteiger partial charge is 0.250 e. The number of nitrogens with zero attached hydrogens (tertiary/aromatic N) is 1. The maximum absolute atomic E-state index is 11.1. The maximum atomic E-state index is 11.1. The first-order chi connectivity index (χ1) is 6.17. The second-order valence-electron chi connectivity index (χ2n) is 2.70. The molecule has 1 heterocycles. The molecule has 1 rings (SSSR count). The van der Waals surface area contributed by atoms with E-state index in [0.717, 1.165) is 0 Å². The van der Waals surface area contributed by atoms with E-state index in [4.69, 9.17) is 5.26 Å². The Hall–Kier alpha value is -1.40. The minimum Gasteiger partial charge on any atom is -0.324 e. The Labute approximate surface area is 74.7 Å². The summed E-state index contributed by atoms with van der Waals surface area (Å²) in [6.07, 6.45) is 1.50. The van der Waals surface area contributed by atoms with Crippen molar-refractivity contribution in [2.75, 3.05) is 7.05 Å². The molecule has 0 saturated carbocycles. The summed E-state index contributed by atoms with van der Waals surface area (Å²) in [5.41, 5.74) is 0.397. The van der Waals surface area contributed by atoms with E-state index < -0.39 is 6.23 Å².